The van der Waals surface area contributed by atoms with Gasteiger partial charge in [-0.05, 0) is 25.3 Å². The molecule has 1 N–H and O–H groups in total. The van der Waals surface area contributed by atoms with Crippen LogP contribution in [0.5, 0.6) is 0 Å². The van der Waals surface area contributed by atoms with Crippen LogP contribution in [-0.4, -0.2) is 88.7 Å². The summed E-state index contributed by atoms with van der Waals surface area (Å²) in [7, 11) is 0. The van der Waals surface area contributed by atoms with Gasteiger partial charge in [0.15, 0.2) is 11.7 Å². The van der Waals surface area contributed by atoms with Gasteiger partial charge < -0.3 is 33.5 Å². The molecule has 0 unspecified atom stereocenters. The molecule has 0 amide bonds. The Morgan fingerprint density at radius 2 is 1.51 bits per heavy atom. The second-order valence-electron chi connectivity index (χ2n) is 11.7. The summed E-state index contributed by atoms with van der Waals surface area (Å²) in [4.78, 5) is 62.8. The number of fused-ring (bicyclic) bond motifs is 3. The van der Waals surface area contributed by atoms with Crippen molar-refractivity contribution in [1.29, 1.82) is 0 Å². The van der Waals surface area contributed by atoms with Gasteiger partial charge in [-0.15, -0.1) is 11.6 Å². The van der Waals surface area contributed by atoms with Crippen molar-refractivity contribution in [3.05, 3.63) is 12.2 Å². The van der Waals surface area contributed by atoms with E-state index in [0.717, 1.165) is 6.92 Å². The fraction of sp³-hybridized carbons (Fsp3) is 0.750. The number of carbonyl (C=O) groups is 5. The number of hydrogen-bond acceptors (Lipinski definition) is 12. The fourth-order valence-electron chi connectivity index (χ4n) is 7.16. The normalized spacial score (nSPS) is 43.6. The van der Waals surface area contributed by atoms with Gasteiger partial charge in [-0.1, -0.05) is 13.5 Å². The smallest absolute Gasteiger partial charge is 0.312 e. The van der Waals surface area contributed by atoms with Crippen LogP contribution in [0.4, 0.5) is 0 Å². The standard InChI is InChI=1S/C28H37ClO12/c1-12-18(37-14(3)30)10-20(39-16(5)32)26(7)19(38-15(4)31)8-9-27(11-36-27)22(26)24(40-17(6)33)28(35)13(2)25(34)41-23(28)21(12)29/h13,18-24,35H,1,8-11H2,2-7H3/t13-,18+,19-,20-,21-,22+,23-,24-,26+,27-,28-/m0/s1. The molecule has 228 valence electrons. The Labute approximate surface area is 242 Å². The zero-order chi connectivity index (χ0) is 30.7. The lowest BCUT2D eigenvalue weighted by molar-refractivity contribution is -0.247. The van der Waals surface area contributed by atoms with E-state index < -0.39 is 94.2 Å². The maximum atomic E-state index is 13.1. The summed E-state index contributed by atoms with van der Waals surface area (Å²) in [5.74, 6) is -5.83. The Bertz CT molecular complexity index is 1150. The second kappa shape index (κ2) is 10.9. The number of carbonyl (C=O) groups excluding carboxylic acids is 5. The van der Waals surface area contributed by atoms with Crippen LogP contribution in [0.3, 0.4) is 0 Å². The predicted octanol–water partition coefficient (Wildman–Crippen LogP) is 1.76. The third-order valence-corrected chi connectivity index (χ3v) is 9.66. The molecule has 0 aromatic carbocycles. The van der Waals surface area contributed by atoms with Crippen molar-refractivity contribution >= 4 is 41.4 Å². The summed E-state index contributed by atoms with van der Waals surface area (Å²) in [5, 5.41) is 11.2. The van der Waals surface area contributed by atoms with Crippen molar-refractivity contribution in [1.82, 2.24) is 0 Å². The van der Waals surface area contributed by atoms with Gasteiger partial charge in [0.2, 0.25) is 0 Å². The lowest BCUT2D eigenvalue weighted by atomic mass is 9.52. The molecular weight excluding hydrogens is 564 g/mol. The van der Waals surface area contributed by atoms with E-state index in [0.29, 0.717) is 6.42 Å². The van der Waals surface area contributed by atoms with E-state index >= 15 is 0 Å². The van der Waals surface area contributed by atoms with E-state index in [9.17, 15) is 29.1 Å². The number of aliphatic hydroxyl groups is 1. The molecule has 0 aromatic heterocycles. The highest BCUT2D eigenvalue weighted by atomic mass is 35.5. The van der Waals surface area contributed by atoms with Crippen LogP contribution >= 0.6 is 11.6 Å². The van der Waals surface area contributed by atoms with Crippen LogP contribution in [-0.2, 0) is 52.4 Å². The van der Waals surface area contributed by atoms with Gasteiger partial charge in [0.05, 0.1) is 28.9 Å². The largest absolute Gasteiger partial charge is 0.462 e. The van der Waals surface area contributed by atoms with Crippen molar-refractivity contribution in [2.45, 2.75) is 108 Å². The molecule has 11 atom stereocenters. The molecule has 4 rings (SSSR count). The van der Waals surface area contributed by atoms with Crippen molar-refractivity contribution < 1.29 is 57.5 Å². The number of alkyl halides is 1. The molecule has 0 radical (unpaired) electrons. The molecule has 41 heavy (non-hydrogen) atoms. The summed E-state index contributed by atoms with van der Waals surface area (Å²) in [6, 6.07) is 0. The van der Waals surface area contributed by atoms with Crippen LogP contribution in [0.2, 0.25) is 0 Å². The first-order chi connectivity index (χ1) is 19.0. The van der Waals surface area contributed by atoms with E-state index in [1.807, 2.05) is 0 Å². The van der Waals surface area contributed by atoms with Gasteiger partial charge in [0.1, 0.15) is 24.4 Å². The minimum absolute atomic E-state index is 0.0604. The Balaban J connectivity index is 2.06. The number of esters is 5. The molecule has 13 heteroatoms. The van der Waals surface area contributed by atoms with Crippen LogP contribution in [0, 0.1) is 17.3 Å². The minimum Gasteiger partial charge on any atom is -0.462 e. The highest BCUT2D eigenvalue weighted by Gasteiger charge is 2.76. The Morgan fingerprint density at radius 1 is 0.976 bits per heavy atom. The highest BCUT2D eigenvalue weighted by molar-refractivity contribution is 6.23. The van der Waals surface area contributed by atoms with Crippen molar-refractivity contribution in [2.75, 3.05) is 6.61 Å². The number of epoxide rings is 1. The van der Waals surface area contributed by atoms with E-state index in [-0.39, 0.29) is 25.0 Å². The first-order valence-electron chi connectivity index (χ1n) is 13.6. The number of hydrogen-bond donors (Lipinski definition) is 1. The Kier molecular flexibility index (Phi) is 8.27. The maximum Gasteiger partial charge on any atom is 0.312 e. The molecule has 12 nitrogen and oxygen atoms in total. The van der Waals surface area contributed by atoms with Gasteiger partial charge in [-0.25, -0.2) is 0 Å². The van der Waals surface area contributed by atoms with Gasteiger partial charge >= 0.3 is 29.8 Å². The second-order valence-corrected chi connectivity index (χ2v) is 12.2. The maximum absolute atomic E-state index is 13.1. The topological polar surface area (TPSA) is 164 Å². The van der Waals surface area contributed by atoms with Crippen LogP contribution in [0.15, 0.2) is 12.2 Å². The van der Waals surface area contributed by atoms with Gasteiger partial charge in [-0.2, -0.15) is 0 Å². The summed E-state index contributed by atoms with van der Waals surface area (Å²) in [6.45, 7) is 12.1. The van der Waals surface area contributed by atoms with Gasteiger partial charge in [0.25, 0.3) is 0 Å². The first-order valence-corrected chi connectivity index (χ1v) is 14.0. The van der Waals surface area contributed by atoms with E-state index in [2.05, 4.69) is 6.58 Å². The summed E-state index contributed by atoms with van der Waals surface area (Å²) < 4.78 is 34.8. The van der Waals surface area contributed by atoms with Crippen LogP contribution in [0.25, 0.3) is 0 Å². The van der Waals surface area contributed by atoms with E-state index in [1.165, 1.54) is 27.7 Å². The molecule has 4 fully saturated rings. The SMILES string of the molecule is C=C1[C@H](OC(C)=O)C[C@H](OC(C)=O)[C@@]2(C)[C@@H](OC(C)=O)CC[C@]3(CO3)[C@@H]2[C@H](OC(C)=O)[C@]2(O)[C@@H](C)C(=O)O[C@H]2[C@H]1Cl. The fourth-order valence-corrected chi connectivity index (χ4v) is 7.55. The van der Waals surface area contributed by atoms with Gasteiger partial charge in [-0.3, -0.25) is 24.0 Å². The predicted molar refractivity (Wildman–Crippen MR) is 139 cm³/mol. The first kappa shape index (κ1) is 31.2. The number of halogens is 1. The molecule has 4 aliphatic rings. The molecule has 2 saturated carbocycles. The summed E-state index contributed by atoms with van der Waals surface area (Å²) in [5.41, 5.74) is -4.62. The average Bonchev–Trinajstić information content (AvgIpc) is 3.59. The van der Waals surface area contributed by atoms with E-state index in [1.54, 1.807) is 6.92 Å². The molecule has 2 aliphatic carbocycles. The molecule has 0 aromatic rings. The van der Waals surface area contributed by atoms with Crippen molar-refractivity contribution in [2.24, 2.45) is 17.3 Å². The quantitative estimate of drug-likeness (QED) is 0.164. The summed E-state index contributed by atoms with van der Waals surface area (Å²) in [6.07, 6.45) is -5.82. The third-order valence-electron chi connectivity index (χ3n) is 9.15. The monoisotopic (exact) mass is 600 g/mol. The number of rotatable bonds is 4. The zero-order valence-electron chi connectivity index (χ0n) is 24.0. The zero-order valence-corrected chi connectivity index (χ0v) is 24.7. The molecule has 2 aliphatic heterocycles. The molecule has 0 bridgehead atoms. The molecular formula is C28H37ClO12. The minimum atomic E-state index is -2.25. The van der Waals surface area contributed by atoms with Gasteiger partial charge in [0, 0.05) is 40.0 Å². The molecule has 1 spiro atoms. The molecule has 2 saturated heterocycles. The van der Waals surface area contributed by atoms with E-state index in [4.69, 9.17) is 40.0 Å². The van der Waals surface area contributed by atoms with Crippen LogP contribution < -0.4 is 0 Å². The Morgan fingerprint density at radius 3 is 2.02 bits per heavy atom. The Hall–Kier alpha value is -2.70. The molecule has 2 heterocycles. The third kappa shape index (κ3) is 5.23. The lowest BCUT2D eigenvalue weighted by Gasteiger charge is -2.57. The lowest BCUT2D eigenvalue weighted by Crippen LogP contribution is -2.70. The van der Waals surface area contributed by atoms with Crippen molar-refractivity contribution in [3.8, 4) is 0 Å². The highest BCUT2D eigenvalue weighted by Crippen LogP contribution is 2.62. The number of ether oxygens (including phenoxy) is 6. The average molecular weight is 601 g/mol. The van der Waals surface area contributed by atoms with Crippen molar-refractivity contribution in [3.63, 3.8) is 0 Å². The summed E-state index contributed by atoms with van der Waals surface area (Å²) >= 11 is 6.84. The van der Waals surface area contributed by atoms with Crippen LogP contribution in [0.1, 0.15) is 60.8 Å².